The van der Waals surface area contributed by atoms with E-state index in [1.54, 1.807) is 18.2 Å². The maximum Gasteiger partial charge on any atom is 0.411 e. The highest BCUT2D eigenvalue weighted by Gasteiger charge is 2.29. The van der Waals surface area contributed by atoms with Crippen molar-refractivity contribution >= 4 is 41.1 Å². The molecule has 3 aromatic carbocycles. The van der Waals surface area contributed by atoms with Crippen molar-refractivity contribution < 1.29 is 19.4 Å². The number of carboxylic acid groups (broad SMARTS) is 1. The molecule has 7 heteroatoms. The monoisotopic (exact) mass is 453 g/mol. The Morgan fingerprint density at radius 3 is 2.29 bits per heavy atom. The smallest absolute Gasteiger partial charge is 0.411 e. The van der Waals surface area contributed by atoms with Crippen LogP contribution in [-0.2, 0) is 9.53 Å². The molecule has 4 rings (SSSR count). The molecular formula is C24H20ClNO4S. The average molecular weight is 454 g/mol. The molecule has 1 aliphatic carbocycles. The number of aliphatic carboxylic acids is 1. The van der Waals surface area contributed by atoms with Crippen LogP contribution in [0.15, 0.2) is 71.6 Å². The maximum absolute atomic E-state index is 12.5. The normalized spacial score (nSPS) is 12.2. The molecule has 31 heavy (non-hydrogen) atoms. The van der Waals surface area contributed by atoms with Crippen molar-refractivity contribution in [1.29, 1.82) is 0 Å². The van der Waals surface area contributed by atoms with E-state index in [4.69, 9.17) is 21.4 Å². The number of hydrogen-bond acceptors (Lipinski definition) is 4. The summed E-state index contributed by atoms with van der Waals surface area (Å²) in [4.78, 5) is 24.0. The highest BCUT2D eigenvalue weighted by molar-refractivity contribution is 7.99. The molecule has 0 saturated heterocycles. The van der Waals surface area contributed by atoms with Crippen LogP contribution in [0.25, 0.3) is 11.1 Å². The Balaban J connectivity index is 1.44. The third kappa shape index (κ3) is 4.86. The average Bonchev–Trinajstić information content (AvgIpc) is 3.08. The number of rotatable bonds is 7. The van der Waals surface area contributed by atoms with Gasteiger partial charge in [-0.25, -0.2) is 4.79 Å². The van der Waals surface area contributed by atoms with E-state index in [-0.39, 0.29) is 18.9 Å². The van der Waals surface area contributed by atoms with E-state index in [0.29, 0.717) is 21.4 Å². The molecule has 0 saturated carbocycles. The lowest BCUT2D eigenvalue weighted by Crippen LogP contribution is -2.18. The first kappa shape index (κ1) is 21.3. The number of anilines is 1. The zero-order valence-electron chi connectivity index (χ0n) is 16.5. The summed E-state index contributed by atoms with van der Waals surface area (Å²) in [6.45, 7) is 0.217. The second-order valence-electron chi connectivity index (χ2n) is 7.08. The number of ether oxygens (including phenoxy) is 1. The standard InChI is InChI=1S/C24H20ClNO4S/c25-15-9-10-21(22(13-15)31-12-11-23(27)28)26-24(29)30-14-20-18-7-3-1-5-16(18)17-6-2-4-8-19(17)20/h1-10,13,20H,11-12,14H2,(H,26,29)(H,27,28). The van der Waals surface area contributed by atoms with Crippen LogP contribution in [0.5, 0.6) is 0 Å². The topological polar surface area (TPSA) is 75.6 Å². The predicted octanol–water partition coefficient (Wildman–Crippen LogP) is 6.27. The van der Waals surface area contributed by atoms with Crippen LogP contribution in [0.2, 0.25) is 5.02 Å². The molecule has 0 aromatic heterocycles. The second-order valence-corrected chi connectivity index (χ2v) is 8.66. The molecule has 0 fully saturated rings. The molecule has 0 spiro atoms. The summed E-state index contributed by atoms with van der Waals surface area (Å²) in [5, 5.41) is 12.1. The molecular weight excluding hydrogens is 434 g/mol. The van der Waals surface area contributed by atoms with Crippen LogP contribution in [0, 0.1) is 0 Å². The summed E-state index contributed by atoms with van der Waals surface area (Å²) in [5.74, 6) is -0.525. The fourth-order valence-corrected chi connectivity index (χ4v) is 4.93. The van der Waals surface area contributed by atoms with Crippen molar-refractivity contribution in [3.63, 3.8) is 0 Å². The largest absolute Gasteiger partial charge is 0.481 e. The summed E-state index contributed by atoms with van der Waals surface area (Å²) in [7, 11) is 0. The summed E-state index contributed by atoms with van der Waals surface area (Å²) in [6, 6.07) is 21.4. The van der Waals surface area contributed by atoms with Gasteiger partial charge in [0.2, 0.25) is 0 Å². The number of benzene rings is 3. The van der Waals surface area contributed by atoms with E-state index in [2.05, 4.69) is 29.6 Å². The molecule has 0 aliphatic heterocycles. The van der Waals surface area contributed by atoms with Crippen LogP contribution in [0.3, 0.4) is 0 Å². The highest BCUT2D eigenvalue weighted by atomic mass is 35.5. The van der Waals surface area contributed by atoms with Gasteiger partial charge in [-0.1, -0.05) is 60.1 Å². The predicted molar refractivity (Wildman–Crippen MR) is 123 cm³/mol. The number of carbonyl (C=O) groups excluding carboxylic acids is 1. The van der Waals surface area contributed by atoms with Crippen molar-refractivity contribution in [2.75, 3.05) is 17.7 Å². The number of carbonyl (C=O) groups is 2. The fourth-order valence-electron chi connectivity index (χ4n) is 3.71. The van der Waals surface area contributed by atoms with Gasteiger partial charge in [0.1, 0.15) is 6.61 Å². The van der Waals surface area contributed by atoms with E-state index >= 15 is 0 Å². The summed E-state index contributed by atoms with van der Waals surface area (Å²) < 4.78 is 5.59. The molecule has 1 amide bonds. The van der Waals surface area contributed by atoms with Gasteiger partial charge in [-0.05, 0) is 40.5 Å². The SMILES string of the molecule is O=C(O)CCSc1cc(Cl)ccc1NC(=O)OCC1c2ccccc2-c2ccccc21. The molecule has 2 N–H and O–H groups in total. The van der Waals surface area contributed by atoms with Gasteiger partial charge in [-0.3, -0.25) is 10.1 Å². The van der Waals surface area contributed by atoms with Crippen molar-refractivity contribution in [2.45, 2.75) is 17.2 Å². The number of fused-ring (bicyclic) bond motifs is 3. The number of carboxylic acids is 1. The Labute approximate surface area is 189 Å². The number of nitrogens with one attached hydrogen (secondary N) is 1. The molecule has 158 valence electrons. The lowest BCUT2D eigenvalue weighted by Gasteiger charge is -2.15. The number of halogens is 1. The van der Waals surface area contributed by atoms with Crippen LogP contribution < -0.4 is 5.32 Å². The summed E-state index contributed by atoms with van der Waals surface area (Å²) >= 11 is 7.39. The minimum absolute atomic E-state index is 0.0154. The molecule has 3 aromatic rings. The van der Waals surface area contributed by atoms with Gasteiger partial charge in [-0.15, -0.1) is 11.8 Å². The van der Waals surface area contributed by atoms with E-state index < -0.39 is 12.1 Å². The maximum atomic E-state index is 12.5. The van der Waals surface area contributed by atoms with Crippen molar-refractivity contribution in [2.24, 2.45) is 0 Å². The Bertz CT molecular complexity index is 1090. The van der Waals surface area contributed by atoms with Gasteiger partial charge >= 0.3 is 12.1 Å². The zero-order chi connectivity index (χ0) is 21.8. The molecule has 1 aliphatic rings. The summed E-state index contributed by atoms with van der Waals surface area (Å²) in [6.07, 6.45) is -0.550. The van der Waals surface area contributed by atoms with Gasteiger partial charge in [0, 0.05) is 21.6 Å². The van der Waals surface area contributed by atoms with Gasteiger partial charge in [-0.2, -0.15) is 0 Å². The van der Waals surface area contributed by atoms with E-state index in [9.17, 15) is 9.59 Å². The molecule has 0 heterocycles. The Kier molecular flexibility index (Phi) is 6.49. The molecule has 0 radical (unpaired) electrons. The zero-order valence-corrected chi connectivity index (χ0v) is 18.1. The van der Waals surface area contributed by atoms with E-state index in [1.807, 2.05) is 24.3 Å². The van der Waals surface area contributed by atoms with Crippen LogP contribution >= 0.6 is 23.4 Å². The second kappa shape index (κ2) is 9.45. The van der Waals surface area contributed by atoms with Gasteiger partial charge in [0.05, 0.1) is 12.1 Å². The van der Waals surface area contributed by atoms with Gasteiger partial charge in [0.15, 0.2) is 0 Å². The van der Waals surface area contributed by atoms with Crippen molar-refractivity contribution in [1.82, 2.24) is 0 Å². The fraction of sp³-hybridized carbons (Fsp3) is 0.167. The third-order valence-electron chi connectivity index (χ3n) is 5.10. The first-order valence-electron chi connectivity index (χ1n) is 9.79. The minimum atomic E-state index is -0.874. The van der Waals surface area contributed by atoms with Gasteiger partial charge in [0.25, 0.3) is 0 Å². The lowest BCUT2D eigenvalue weighted by molar-refractivity contribution is -0.136. The quantitative estimate of drug-likeness (QED) is 0.412. The number of thioether (sulfide) groups is 1. The minimum Gasteiger partial charge on any atom is -0.481 e. The first-order chi connectivity index (χ1) is 15.0. The molecule has 0 unspecified atom stereocenters. The Morgan fingerprint density at radius 2 is 1.65 bits per heavy atom. The number of hydrogen-bond donors (Lipinski definition) is 2. The van der Waals surface area contributed by atoms with Crippen LogP contribution in [0.4, 0.5) is 10.5 Å². The highest BCUT2D eigenvalue weighted by Crippen LogP contribution is 2.44. The molecule has 0 atom stereocenters. The van der Waals surface area contributed by atoms with E-state index in [0.717, 1.165) is 11.1 Å². The third-order valence-corrected chi connectivity index (χ3v) is 6.39. The Hall–Kier alpha value is -2.96. The van der Waals surface area contributed by atoms with Crippen molar-refractivity contribution in [3.05, 3.63) is 82.9 Å². The first-order valence-corrected chi connectivity index (χ1v) is 11.2. The lowest BCUT2D eigenvalue weighted by atomic mass is 9.98. The number of amides is 1. The molecule has 5 nitrogen and oxygen atoms in total. The van der Waals surface area contributed by atoms with E-state index in [1.165, 1.54) is 22.9 Å². The van der Waals surface area contributed by atoms with Crippen LogP contribution in [-0.4, -0.2) is 29.5 Å². The summed E-state index contributed by atoms with van der Waals surface area (Å²) in [5.41, 5.74) is 5.17. The van der Waals surface area contributed by atoms with Crippen molar-refractivity contribution in [3.8, 4) is 11.1 Å². The van der Waals surface area contributed by atoms with Gasteiger partial charge < -0.3 is 9.84 Å². The molecule has 0 bridgehead atoms. The van der Waals surface area contributed by atoms with Crippen LogP contribution in [0.1, 0.15) is 23.5 Å². The Morgan fingerprint density at radius 1 is 1.00 bits per heavy atom.